The fraction of sp³-hybridized carbons (Fsp3) is 0.467. The lowest BCUT2D eigenvalue weighted by atomic mass is 10.1. The Balaban J connectivity index is 2.24. The van der Waals surface area contributed by atoms with Crippen LogP contribution < -0.4 is 11.1 Å². The largest absolute Gasteiger partial charge is 0.351 e. The van der Waals surface area contributed by atoms with Crippen molar-refractivity contribution >= 4 is 11.9 Å². The summed E-state index contributed by atoms with van der Waals surface area (Å²) in [6.45, 7) is 2.57. The molecule has 1 atom stereocenters. The number of nitrogens with zero attached hydrogens (tertiary/aromatic N) is 1. The van der Waals surface area contributed by atoms with Gasteiger partial charge in [0.15, 0.2) is 0 Å². The summed E-state index contributed by atoms with van der Waals surface area (Å²) < 4.78 is 0. The number of unbranched alkanes of at least 4 members (excludes halogenated alkanes) is 1. The molecule has 1 rings (SSSR count). The van der Waals surface area contributed by atoms with Gasteiger partial charge in [0.2, 0.25) is 5.91 Å². The van der Waals surface area contributed by atoms with E-state index in [1.54, 1.807) is 6.92 Å². The van der Waals surface area contributed by atoms with Crippen LogP contribution in [0.15, 0.2) is 30.3 Å². The second-order valence-electron chi connectivity index (χ2n) is 4.95. The van der Waals surface area contributed by atoms with Crippen LogP contribution in [0.4, 0.5) is 4.79 Å². The zero-order valence-corrected chi connectivity index (χ0v) is 12.1. The van der Waals surface area contributed by atoms with Crippen molar-refractivity contribution in [2.75, 3.05) is 13.6 Å². The summed E-state index contributed by atoms with van der Waals surface area (Å²) >= 11 is 0. The predicted octanol–water partition coefficient (Wildman–Crippen LogP) is 1.52. The van der Waals surface area contributed by atoms with Crippen LogP contribution in [-0.2, 0) is 11.2 Å². The van der Waals surface area contributed by atoms with Gasteiger partial charge in [-0.1, -0.05) is 30.3 Å². The first kappa shape index (κ1) is 16.2. The van der Waals surface area contributed by atoms with Crippen LogP contribution >= 0.6 is 0 Å². The Hall–Kier alpha value is -1.88. The zero-order valence-electron chi connectivity index (χ0n) is 12.1. The van der Waals surface area contributed by atoms with Crippen molar-refractivity contribution in [2.45, 2.75) is 32.2 Å². The third-order valence-electron chi connectivity index (χ3n) is 3.36. The average molecular weight is 277 g/mol. The summed E-state index contributed by atoms with van der Waals surface area (Å²) in [4.78, 5) is 24.1. The average Bonchev–Trinajstić information content (AvgIpc) is 2.43. The lowest BCUT2D eigenvalue weighted by Gasteiger charge is -2.23. The lowest BCUT2D eigenvalue weighted by Crippen LogP contribution is -2.47. The second-order valence-corrected chi connectivity index (χ2v) is 4.95. The quantitative estimate of drug-likeness (QED) is 0.742. The monoisotopic (exact) mass is 277 g/mol. The Bertz CT molecular complexity index is 434. The molecule has 5 nitrogen and oxygen atoms in total. The Morgan fingerprint density at radius 2 is 1.90 bits per heavy atom. The molecule has 0 aliphatic rings. The number of benzene rings is 1. The number of urea groups is 1. The molecule has 0 radical (unpaired) electrons. The first-order valence-corrected chi connectivity index (χ1v) is 6.85. The van der Waals surface area contributed by atoms with Crippen LogP contribution in [0.3, 0.4) is 0 Å². The summed E-state index contributed by atoms with van der Waals surface area (Å²) in [6.07, 6.45) is 3.11. The van der Waals surface area contributed by atoms with Crippen molar-refractivity contribution in [3.63, 3.8) is 0 Å². The molecule has 1 aromatic carbocycles. The van der Waals surface area contributed by atoms with Crippen LogP contribution in [-0.4, -0.2) is 36.5 Å². The number of imide groups is 1. The number of carbonyl (C=O) groups excluding carboxylic acids is 2. The maximum absolute atomic E-state index is 11.6. The highest BCUT2D eigenvalue weighted by molar-refractivity contribution is 5.96. The number of carbonyl (C=O) groups is 2. The molecular weight excluding hydrogens is 254 g/mol. The molecule has 0 heterocycles. The molecule has 1 unspecified atom stereocenters. The minimum Gasteiger partial charge on any atom is -0.351 e. The minimum atomic E-state index is -0.806. The van der Waals surface area contributed by atoms with Crippen molar-refractivity contribution in [3.8, 4) is 0 Å². The number of rotatable bonds is 7. The molecule has 0 saturated heterocycles. The van der Waals surface area contributed by atoms with Crippen LogP contribution in [0.1, 0.15) is 25.3 Å². The first-order chi connectivity index (χ1) is 9.50. The topological polar surface area (TPSA) is 75.4 Å². The molecule has 0 aliphatic carbocycles. The molecule has 0 spiro atoms. The van der Waals surface area contributed by atoms with Gasteiger partial charge >= 0.3 is 6.03 Å². The molecule has 5 heteroatoms. The van der Waals surface area contributed by atoms with Crippen molar-refractivity contribution in [2.24, 2.45) is 5.73 Å². The number of hydrogen-bond donors (Lipinski definition) is 2. The van der Waals surface area contributed by atoms with E-state index in [0.717, 1.165) is 25.8 Å². The van der Waals surface area contributed by atoms with Crippen LogP contribution in [0, 0.1) is 0 Å². The van der Waals surface area contributed by atoms with Crippen LogP contribution in [0.25, 0.3) is 0 Å². The second kappa shape index (κ2) is 8.32. The van der Waals surface area contributed by atoms with Crippen molar-refractivity contribution < 1.29 is 9.59 Å². The number of likely N-dealkylation sites (N-methyl/N-ethyl adjacent to an activating group) is 1. The van der Waals surface area contributed by atoms with E-state index in [0.29, 0.717) is 0 Å². The zero-order chi connectivity index (χ0) is 15.0. The van der Waals surface area contributed by atoms with E-state index in [4.69, 9.17) is 5.73 Å². The van der Waals surface area contributed by atoms with Crippen LogP contribution in [0.2, 0.25) is 0 Å². The van der Waals surface area contributed by atoms with Gasteiger partial charge in [-0.2, -0.15) is 0 Å². The third kappa shape index (κ3) is 5.84. The molecule has 1 aromatic rings. The SMILES string of the molecule is CC(C(=O)NC(N)=O)N(C)CCCCc1ccccc1. The van der Waals surface area contributed by atoms with Gasteiger partial charge in [-0.3, -0.25) is 15.0 Å². The maximum atomic E-state index is 11.6. The maximum Gasteiger partial charge on any atom is 0.318 e. The normalized spacial score (nSPS) is 12.2. The highest BCUT2D eigenvalue weighted by Gasteiger charge is 2.18. The van der Waals surface area contributed by atoms with Gasteiger partial charge < -0.3 is 5.73 Å². The molecule has 0 aromatic heterocycles. The van der Waals surface area contributed by atoms with Crippen LogP contribution in [0.5, 0.6) is 0 Å². The number of primary amides is 1. The minimum absolute atomic E-state index is 0.358. The molecule has 0 aliphatic heterocycles. The number of aryl methyl sites for hydroxylation is 1. The van der Waals surface area contributed by atoms with Crippen molar-refractivity contribution in [3.05, 3.63) is 35.9 Å². The van der Waals surface area contributed by atoms with Crippen molar-refractivity contribution in [1.82, 2.24) is 10.2 Å². The summed E-state index contributed by atoms with van der Waals surface area (Å²) in [5.41, 5.74) is 6.26. The van der Waals surface area contributed by atoms with E-state index < -0.39 is 6.03 Å². The predicted molar refractivity (Wildman–Crippen MR) is 79.2 cm³/mol. The van der Waals surface area contributed by atoms with E-state index in [2.05, 4.69) is 17.4 Å². The highest BCUT2D eigenvalue weighted by atomic mass is 16.2. The molecule has 0 bridgehead atoms. The fourth-order valence-corrected chi connectivity index (χ4v) is 1.95. The number of amides is 3. The van der Waals surface area contributed by atoms with E-state index in [9.17, 15) is 9.59 Å². The van der Waals surface area contributed by atoms with Gasteiger partial charge in [-0.15, -0.1) is 0 Å². The third-order valence-corrected chi connectivity index (χ3v) is 3.36. The number of nitrogens with one attached hydrogen (secondary N) is 1. The Labute approximate surface area is 120 Å². The van der Waals surface area contributed by atoms with Gasteiger partial charge in [0.25, 0.3) is 0 Å². The summed E-state index contributed by atoms with van der Waals surface area (Å²) in [5.74, 6) is -0.358. The standard InChI is InChI=1S/C15H23N3O2/c1-12(14(19)17-15(16)20)18(2)11-7-6-10-13-8-4-3-5-9-13/h3-5,8-9,12H,6-7,10-11H2,1-2H3,(H3,16,17,19,20). The fourth-order valence-electron chi connectivity index (χ4n) is 1.95. The molecule has 110 valence electrons. The molecule has 3 N–H and O–H groups in total. The molecular formula is C15H23N3O2. The first-order valence-electron chi connectivity index (χ1n) is 6.85. The summed E-state index contributed by atoms with van der Waals surface area (Å²) in [6, 6.07) is 9.16. The van der Waals surface area contributed by atoms with Gasteiger partial charge in [-0.25, -0.2) is 4.79 Å². The van der Waals surface area contributed by atoms with E-state index in [1.807, 2.05) is 30.1 Å². The Kier molecular flexibility index (Phi) is 6.73. The summed E-state index contributed by atoms with van der Waals surface area (Å²) in [7, 11) is 1.87. The van der Waals surface area contributed by atoms with Crippen molar-refractivity contribution in [1.29, 1.82) is 0 Å². The lowest BCUT2D eigenvalue weighted by molar-refractivity contribution is -0.124. The van der Waals surface area contributed by atoms with Gasteiger partial charge in [0.1, 0.15) is 0 Å². The molecule has 0 saturated carbocycles. The molecule has 20 heavy (non-hydrogen) atoms. The molecule has 0 fully saturated rings. The van der Waals surface area contributed by atoms with E-state index in [1.165, 1.54) is 5.56 Å². The molecule has 3 amide bonds. The number of nitrogens with two attached hydrogens (primary N) is 1. The summed E-state index contributed by atoms with van der Waals surface area (Å²) in [5, 5.41) is 2.10. The van der Waals surface area contributed by atoms with Gasteiger partial charge in [-0.05, 0) is 45.3 Å². The number of hydrogen-bond acceptors (Lipinski definition) is 3. The van der Waals surface area contributed by atoms with E-state index >= 15 is 0 Å². The van der Waals surface area contributed by atoms with Gasteiger partial charge in [0.05, 0.1) is 6.04 Å². The smallest absolute Gasteiger partial charge is 0.318 e. The Morgan fingerprint density at radius 3 is 2.50 bits per heavy atom. The highest BCUT2D eigenvalue weighted by Crippen LogP contribution is 2.06. The Morgan fingerprint density at radius 1 is 1.25 bits per heavy atom. The van der Waals surface area contributed by atoms with E-state index in [-0.39, 0.29) is 11.9 Å². The van der Waals surface area contributed by atoms with Gasteiger partial charge in [0, 0.05) is 0 Å².